The van der Waals surface area contributed by atoms with E-state index >= 15 is 0 Å². The fraction of sp³-hybridized carbons (Fsp3) is 1.00. The van der Waals surface area contributed by atoms with Crippen molar-refractivity contribution >= 4 is 18.5 Å². The maximum atomic E-state index is 2.87. The Morgan fingerprint density at radius 2 is 1.92 bits per heavy atom. The maximum Gasteiger partial charge on any atom is 0.106 e. The first-order chi connectivity index (χ1) is 5.66. The standard InChI is InChI=1S/C9H23NSi2/c1-5-9(4)10(8(2)3)12-6-11-7-12/h8-9,12H,5-7,11H2,1-4H3. The van der Waals surface area contributed by atoms with E-state index < -0.39 is 0 Å². The van der Waals surface area contributed by atoms with Gasteiger partial charge in [0.25, 0.3) is 0 Å². The molecule has 0 saturated carbocycles. The second-order valence-electron chi connectivity index (χ2n) is 4.38. The van der Waals surface area contributed by atoms with Crippen LogP contribution in [0.2, 0.25) is 11.3 Å². The van der Waals surface area contributed by atoms with Gasteiger partial charge in [-0.05, 0) is 18.5 Å². The lowest BCUT2D eigenvalue weighted by molar-refractivity contribution is 0.280. The van der Waals surface area contributed by atoms with Gasteiger partial charge in [0.15, 0.2) is 0 Å². The first-order valence-electron chi connectivity index (χ1n) is 5.44. The van der Waals surface area contributed by atoms with Crippen LogP contribution in [0, 0.1) is 0 Å². The molecule has 0 aromatic rings. The molecule has 3 heteroatoms. The van der Waals surface area contributed by atoms with Crippen molar-refractivity contribution in [2.24, 2.45) is 0 Å². The smallest absolute Gasteiger partial charge is 0.106 e. The zero-order valence-electron chi connectivity index (χ0n) is 9.01. The van der Waals surface area contributed by atoms with Crippen LogP contribution >= 0.6 is 0 Å². The van der Waals surface area contributed by atoms with E-state index in [4.69, 9.17) is 0 Å². The SMILES string of the molecule is CCC(C)N(C(C)C)[SiH]1C[SiH2]C1. The molecule has 0 aromatic carbocycles. The second-order valence-corrected chi connectivity index (χ2v) is 11.6. The van der Waals surface area contributed by atoms with Gasteiger partial charge in [0.05, 0.1) is 0 Å². The van der Waals surface area contributed by atoms with E-state index in [1.807, 2.05) is 0 Å². The Kier molecular flexibility index (Phi) is 4.00. The van der Waals surface area contributed by atoms with Crippen LogP contribution in [0.1, 0.15) is 34.1 Å². The van der Waals surface area contributed by atoms with Crippen molar-refractivity contribution in [3.8, 4) is 0 Å². The summed E-state index contributed by atoms with van der Waals surface area (Å²) in [6, 6.07) is 1.67. The molecule has 1 nitrogen and oxygen atoms in total. The van der Waals surface area contributed by atoms with Crippen molar-refractivity contribution in [2.75, 3.05) is 0 Å². The zero-order valence-corrected chi connectivity index (χ0v) is 11.6. The minimum absolute atomic E-state index is 0.354. The first-order valence-corrected chi connectivity index (χ1v) is 9.59. The number of hydrogen-bond donors (Lipinski definition) is 0. The molecule has 1 heterocycles. The lowest BCUT2D eigenvalue weighted by atomic mass is 10.2. The fourth-order valence-electron chi connectivity index (χ4n) is 2.19. The lowest BCUT2D eigenvalue weighted by Gasteiger charge is -2.43. The Bertz CT molecular complexity index is 130. The van der Waals surface area contributed by atoms with Gasteiger partial charge in [-0.15, -0.1) is 0 Å². The molecule has 0 radical (unpaired) electrons. The Morgan fingerprint density at radius 3 is 2.17 bits per heavy atom. The maximum absolute atomic E-state index is 2.87. The molecule has 0 spiro atoms. The van der Waals surface area contributed by atoms with E-state index in [9.17, 15) is 0 Å². The van der Waals surface area contributed by atoms with Crippen LogP contribution in [-0.2, 0) is 0 Å². The highest BCUT2D eigenvalue weighted by Crippen LogP contribution is 2.21. The number of hydrogen-bond acceptors (Lipinski definition) is 1. The summed E-state index contributed by atoms with van der Waals surface area (Å²) < 4.78 is 2.87. The predicted molar refractivity (Wildman–Crippen MR) is 62.0 cm³/mol. The van der Waals surface area contributed by atoms with Crippen LogP contribution in [0.25, 0.3) is 0 Å². The Morgan fingerprint density at radius 1 is 1.33 bits per heavy atom. The van der Waals surface area contributed by atoms with Crippen LogP contribution < -0.4 is 0 Å². The van der Waals surface area contributed by atoms with Gasteiger partial charge in [-0.1, -0.05) is 39.0 Å². The predicted octanol–water partition coefficient (Wildman–Crippen LogP) is 1.32. The molecule has 1 fully saturated rings. The summed E-state index contributed by atoms with van der Waals surface area (Å²) in [6.45, 7) is 9.48. The van der Waals surface area contributed by atoms with E-state index in [1.165, 1.54) is 6.42 Å². The van der Waals surface area contributed by atoms with Gasteiger partial charge in [0, 0.05) is 9.52 Å². The molecule has 1 atom stereocenters. The quantitative estimate of drug-likeness (QED) is 0.620. The summed E-state index contributed by atoms with van der Waals surface area (Å²) in [6.07, 6.45) is 1.34. The molecule has 72 valence electrons. The molecule has 0 aromatic heterocycles. The average Bonchev–Trinajstić information content (AvgIpc) is 1.94. The first kappa shape index (κ1) is 10.5. The van der Waals surface area contributed by atoms with Crippen LogP contribution in [0.4, 0.5) is 0 Å². The highest BCUT2D eigenvalue weighted by Gasteiger charge is 2.30. The third-order valence-corrected chi connectivity index (χ3v) is 13.7. The third-order valence-electron chi connectivity index (χ3n) is 3.19. The third kappa shape index (κ3) is 2.21. The minimum atomic E-state index is -0.354. The number of rotatable bonds is 4. The topological polar surface area (TPSA) is 3.24 Å². The Balaban J connectivity index is 2.47. The summed E-state index contributed by atoms with van der Waals surface area (Å²) in [5.74, 6) is 0. The van der Waals surface area contributed by atoms with Crippen LogP contribution in [-0.4, -0.2) is 35.1 Å². The molecule has 1 rings (SSSR count). The molecule has 0 bridgehead atoms. The molecule has 1 aliphatic heterocycles. The average molecular weight is 201 g/mol. The van der Waals surface area contributed by atoms with E-state index in [2.05, 4.69) is 32.3 Å². The summed E-state index contributed by atoms with van der Waals surface area (Å²) in [7, 11) is 0.109. The lowest BCUT2D eigenvalue weighted by Crippen LogP contribution is -2.54. The van der Waals surface area contributed by atoms with Crippen molar-refractivity contribution < 1.29 is 0 Å². The van der Waals surface area contributed by atoms with Gasteiger partial charge in [-0.3, -0.25) is 0 Å². The number of nitrogens with zero attached hydrogens (tertiary/aromatic N) is 1. The van der Waals surface area contributed by atoms with Gasteiger partial charge in [-0.2, -0.15) is 0 Å². The monoisotopic (exact) mass is 201 g/mol. The molecule has 0 amide bonds. The van der Waals surface area contributed by atoms with Crippen molar-refractivity contribution in [1.29, 1.82) is 0 Å². The second kappa shape index (κ2) is 4.58. The van der Waals surface area contributed by atoms with Gasteiger partial charge < -0.3 is 4.57 Å². The summed E-state index contributed by atoms with van der Waals surface area (Å²) in [4.78, 5) is 0. The largest absolute Gasteiger partial charge is 0.322 e. The van der Waals surface area contributed by atoms with Gasteiger partial charge in [0.1, 0.15) is 8.96 Å². The molecule has 12 heavy (non-hydrogen) atoms. The molecule has 0 N–H and O–H groups in total. The van der Waals surface area contributed by atoms with Gasteiger partial charge in [0.2, 0.25) is 0 Å². The molecular weight excluding hydrogens is 178 g/mol. The van der Waals surface area contributed by atoms with E-state index in [0.717, 1.165) is 12.1 Å². The van der Waals surface area contributed by atoms with E-state index in [0.29, 0.717) is 9.52 Å². The minimum Gasteiger partial charge on any atom is -0.322 e. The Labute approximate surface area is 81.0 Å². The van der Waals surface area contributed by atoms with Gasteiger partial charge in [-0.25, -0.2) is 0 Å². The summed E-state index contributed by atoms with van der Waals surface area (Å²) in [5, 5.41) is 0. The van der Waals surface area contributed by atoms with Crippen LogP contribution in [0.3, 0.4) is 0 Å². The Hall–Kier alpha value is 0.394. The summed E-state index contributed by atoms with van der Waals surface area (Å²) in [5.41, 5.74) is 3.42. The highest BCUT2D eigenvalue weighted by atomic mass is 28.4. The van der Waals surface area contributed by atoms with Crippen molar-refractivity contribution in [2.45, 2.75) is 57.5 Å². The van der Waals surface area contributed by atoms with Crippen LogP contribution in [0.5, 0.6) is 0 Å². The van der Waals surface area contributed by atoms with Gasteiger partial charge >= 0.3 is 0 Å². The molecule has 1 saturated heterocycles. The van der Waals surface area contributed by atoms with Crippen molar-refractivity contribution in [3.05, 3.63) is 0 Å². The fourth-order valence-corrected chi connectivity index (χ4v) is 9.44. The molecule has 1 aliphatic rings. The van der Waals surface area contributed by atoms with Crippen molar-refractivity contribution in [1.82, 2.24) is 4.57 Å². The van der Waals surface area contributed by atoms with Crippen molar-refractivity contribution in [3.63, 3.8) is 0 Å². The zero-order chi connectivity index (χ0) is 9.14. The normalized spacial score (nSPS) is 28.0. The molecule has 0 aliphatic carbocycles. The van der Waals surface area contributed by atoms with E-state index in [-0.39, 0.29) is 8.96 Å². The molecule has 1 unspecified atom stereocenters. The highest BCUT2D eigenvalue weighted by molar-refractivity contribution is 6.84. The van der Waals surface area contributed by atoms with Crippen LogP contribution in [0.15, 0.2) is 0 Å². The molecular formula is C9H23NSi2. The van der Waals surface area contributed by atoms with E-state index in [1.54, 1.807) is 11.3 Å². The summed E-state index contributed by atoms with van der Waals surface area (Å²) >= 11 is 0.